The summed E-state index contributed by atoms with van der Waals surface area (Å²) >= 11 is 0. The Morgan fingerprint density at radius 2 is 2.26 bits per heavy atom. The highest BCUT2D eigenvalue weighted by Crippen LogP contribution is 2.22. The van der Waals surface area contributed by atoms with E-state index in [-0.39, 0.29) is 5.91 Å². The number of rotatable bonds is 6. The summed E-state index contributed by atoms with van der Waals surface area (Å²) in [5, 5.41) is 6.87. The van der Waals surface area contributed by atoms with Gasteiger partial charge in [-0.3, -0.25) is 9.69 Å². The minimum Gasteiger partial charge on any atom is -0.364 e. The van der Waals surface area contributed by atoms with Gasteiger partial charge < -0.3 is 9.84 Å². The second-order valence-corrected chi connectivity index (χ2v) is 5.47. The molecular weight excluding hydrogens is 242 g/mol. The van der Waals surface area contributed by atoms with E-state index in [9.17, 15) is 4.79 Å². The number of carbonyl (C=O) groups excluding carboxylic acids is 1. The molecule has 19 heavy (non-hydrogen) atoms. The molecule has 2 rings (SSSR count). The molecule has 0 unspecified atom stereocenters. The fourth-order valence-corrected chi connectivity index (χ4v) is 2.60. The van der Waals surface area contributed by atoms with Gasteiger partial charge in [-0.2, -0.15) is 0 Å². The molecule has 1 aliphatic rings. The minimum atomic E-state index is 0.0940. The van der Waals surface area contributed by atoms with Gasteiger partial charge in [-0.05, 0) is 25.8 Å². The average Bonchev–Trinajstić information content (AvgIpc) is 2.90. The molecule has 1 fully saturated rings. The number of likely N-dealkylation sites (N-methyl/N-ethyl adjacent to an activating group) is 1. The molecular formula is C14H23N3O2. The molecule has 5 nitrogen and oxygen atoms in total. The molecule has 1 amide bonds. The van der Waals surface area contributed by atoms with Gasteiger partial charge in [0, 0.05) is 19.2 Å². The Hall–Kier alpha value is -1.36. The summed E-state index contributed by atoms with van der Waals surface area (Å²) in [6.07, 6.45) is 8.04. The van der Waals surface area contributed by atoms with Crippen molar-refractivity contribution in [3.05, 3.63) is 18.0 Å². The standard InChI is InChI=1S/C14H23N3O2/c1-17(10-13-7-8-19-16-13)11-14(18)15-9-12-5-3-2-4-6-12/h7-8,12H,2-6,9-11H2,1H3,(H,15,18). The van der Waals surface area contributed by atoms with Gasteiger partial charge in [0.15, 0.2) is 0 Å². The molecule has 0 saturated heterocycles. The number of nitrogens with zero attached hydrogens (tertiary/aromatic N) is 2. The number of hydrogen-bond acceptors (Lipinski definition) is 4. The molecule has 1 aromatic rings. The van der Waals surface area contributed by atoms with Crippen molar-refractivity contribution in [2.75, 3.05) is 20.1 Å². The van der Waals surface area contributed by atoms with Crippen LogP contribution in [0.15, 0.2) is 16.9 Å². The van der Waals surface area contributed by atoms with Crippen molar-refractivity contribution in [3.8, 4) is 0 Å². The van der Waals surface area contributed by atoms with E-state index in [1.54, 1.807) is 6.26 Å². The van der Waals surface area contributed by atoms with Gasteiger partial charge in [-0.1, -0.05) is 24.4 Å². The van der Waals surface area contributed by atoms with Crippen molar-refractivity contribution in [2.45, 2.75) is 38.6 Å². The second kappa shape index (κ2) is 7.28. The third kappa shape index (κ3) is 5.03. The molecule has 1 N–H and O–H groups in total. The Morgan fingerprint density at radius 3 is 2.95 bits per heavy atom. The van der Waals surface area contributed by atoms with Crippen molar-refractivity contribution in [1.29, 1.82) is 0 Å². The molecule has 1 saturated carbocycles. The van der Waals surface area contributed by atoms with E-state index < -0.39 is 0 Å². The van der Waals surface area contributed by atoms with Gasteiger partial charge in [0.05, 0.1) is 12.2 Å². The van der Waals surface area contributed by atoms with Crippen LogP contribution in [0.5, 0.6) is 0 Å². The molecule has 0 bridgehead atoms. The summed E-state index contributed by atoms with van der Waals surface area (Å²) in [4.78, 5) is 13.8. The first-order chi connectivity index (χ1) is 9.24. The summed E-state index contributed by atoms with van der Waals surface area (Å²) in [5.41, 5.74) is 0.850. The van der Waals surface area contributed by atoms with Crippen LogP contribution in [0.3, 0.4) is 0 Å². The highest BCUT2D eigenvalue weighted by Gasteiger charge is 2.15. The molecule has 0 radical (unpaired) electrons. The molecule has 1 aliphatic carbocycles. The minimum absolute atomic E-state index is 0.0940. The van der Waals surface area contributed by atoms with Gasteiger partial charge in [-0.15, -0.1) is 0 Å². The number of carbonyl (C=O) groups is 1. The predicted molar refractivity (Wildman–Crippen MR) is 72.4 cm³/mol. The molecule has 0 spiro atoms. The lowest BCUT2D eigenvalue weighted by atomic mass is 9.89. The van der Waals surface area contributed by atoms with E-state index in [4.69, 9.17) is 4.52 Å². The zero-order valence-corrected chi connectivity index (χ0v) is 11.6. The number of nitrogens with one attached hydrogen (secondary N) is 1. The molecule has 106 valence electrons. The van der Waals surface area contributed by atoms with Gasteiger partial charge in [0.2, 0.25) is 5.91 Å². The van der Waals surface area contributed by atoms with Crippen LogP contribution in [0.4, 0.5) is 0 Å². The summed E-state index contributed by atoms with van der Waals surface area (Å²) in [6.45, 7) is 1.86. The van der Waals surface area contributed by atoms with Gasteiger partial charge in [-0.25, -0.2) is 0 Å². The van der Waals surface area contributed by atoms with Crippen LogP contribution in [-0.2, 0) is 11.3 Å². The maximum atomic E-state index is 11.8. The molecule has 0 aliphatic heterocycles. The molecule has 5 heteroatoms. The summed E-state index contributed by atoms with van der Waals surface area (Å²) < 4.78 is 4.77. The van der Waals surface area contributed by atoms with Crippen LogP contribution in [-0.4, -0.2) is 36.1 Å². The lowest BCUT2D eigenvalue weighted by Crippen LogP contribution is -2.37. The van der Waals surface area contributed by atoms with Crippen LogP contribution >= 0.6 is 0 Å². The first-order valence-electron chi connectivity index (χ1n) is 7.08. The monoisotopic (exact) mass is 265 g/mol. The van der Waals surface area contributed by atoms with Crippen LogP contribution in [0.25, 0.3) is 0 Å². The topological polar surface area (TPSA) is 58.4 Å². The lowest BCUT2D eigenvalue weighted by molar-refractivity contribution is -0.122. The van der Waals surface area contributed by atoms with Crippen molar-refractivity contribution in [3.63, 3.8) is 0 Å². The van der Waals surface area contributed by atoms with Crippen molar-refractivity contribution < 1.29 is 9.32 Å². The van der Waals surface area contributed by atoms with E-state index in [2.05, 4.69) is 10.5 Å². The van der Waals surface area contributed by atoms with E-state index >= 15 is 0 Å². The first kappa shape index (κ1) is 14.1. The predicted octanol–water partition coefficient (Wildman–Crippen LogP) is 1.80. The fraction of sp³-hybridized carbons (Fsp3) is 0.714. The average molecular weight is 265 g/mol. The van der Waals surface area contributed by atoms with E-state index in [0.717, 1.165) is 12.2 Å². The Labute approximate surface area is 114 Å². The molecule has 1 heterocycles. The number of amides is 1. The third-order valence-corrected chi connectivity index (χ3v) is 3.65. The van der Waals surface area contributed by atoms with Crippen LogP contribution in [0, 0.1) is 5.92 Å². The second-order valence-electron chi connectivity index (χ2n) is 5.47. The van der Waals surface area contributed by atoms with Gasteiger partial charge in [0.1, 0.15) is 6.26 Å². The zero-order chi connectivity index (χ0) is 13.5. The van der Waals surface area contributed by atoms with Gasteiger partial charge >= 0.3 is 0 Å². The largest absolute Gasteiger partial charge is 0.364 e. The van der Waals surface area contributed by atoms with Crippen LogP contribution in [0.2, 0.25) is 0 Å². The Balaban J connectivity index is 1.63. The van der Waals surface area contributed by atoms with E-state index in [1.807, 2.05) is 18.0 Å². The number of hydrogen-bond donors (Lipinski definition) is 1. The normalized spacial score (nSPS) is 16.7. The molecule has 0 aromatic carbocycles. The van der Waals surface area contributed by atoms with Gasteiger partial charge in [0.25, 0.3) is 0 Å². The van der Waals surface area contributed by atoms with Crippen molar-refractivity contribution in [2.24, 2.45) is 5.92 Å². The third-order valence-electron chi connectivity index (χ3n) is 3.65. The summed E-state index contributed by atoms with van der Waals surface area (Å²) in [5.74, 6) is 0.773. The van der Waals surface area contributed by atoms with Crippen molar-refractivity contribution >= 4 is 5.91 Å². The van der Waals surface area contributed by atoms with Crippen LogP contribution < -0.4 is 5.32 Å². The Bertz CT molecular complexity index is 372. The molecule has 1 aromatic heterocycles. The van der Waals surface area contributed by atoms with Crippen LogP contribution in [0.1, 0.15) is 37.8 Å². The maximum absolute atomic E-state index is 11.8. The van der Waals surface area contributed by atoms with Crippen molar-refractivity contribution in [1.82, 2.24) is 15.4 Å². The summed E-state index contributed by atoms with van der Waals surface area (Å²) in [7, 11) is 1.91. The lowest BCUT2D eigenvalue weighted by Gasteiger charge is -2.22. The smallest absolute Gasteiger partial charge is 0.234 e. The number of aromatic nitrogens is 1. The first-order valence-corrected chi connectivity index (χ1v) is 7.08. The van der Waals surface area contributed by atoms with E-state index in [1.165, 1.54) is 32.1 Å². The molecule has 0 atom stereocenters. The maximum Gasteiger partial charge on any atom is 0.234 e. The van der Waals surface area contributed by atoms with E-state index in [0.29, 0.717) is 19.0 Å². The highest BCUT2D eigenvalue weighted by atomic mass is 16.5. The highest BCUT2D eigenvalue weighted by molar-refractivity contribution is 5.77. The zero-order valence-electron chi connectivity index (χ0n) is 11.6. The Kier molecular flexibility index (Phi) is 5.39. The SMILES string of the molecule is CN(CC(=O)NCC1CCCCC1)Cc1ccon1. The fourth-order valence-electron chi connectivity index (χ4n) is 2.60. The summed E-state index contributed by atoms with van der Waals surface area (Å²) in [6, 6.07) is 1.82. The Morgan fingerprint density at radius 1 is 1.47 bits per heavy atom. The quantitative estimate of drug-likeness (QED) is 0.852.